The Balaban J connectivity index is 1.92. The Hall–Kier alpha value is -2.27. The van der Waals surface area contributed by atoms with E-state index in [2.05, 4.69) is 22.8 Å². The van der Waals surface area contributed by atoms with Gasteiger partial charge in [0.2, 0.25) is 0 Å². The van der Waals surface area contributed by atoms with E-state index >= 15 is 0 Å². The van der Waals surface area contributed by atoms with Gasteiger partial charge in [0, 0.05) is 17.5 Å². The lowest BCUT2D eigenvalue weighted by molar-refractivity contribution is 0.439. The molecule has 1 aliphatic rings. The minimum absolute atomic E-state index is 0.267. The van der Waals surface area contributed by atoms with Crippen LogP contribution in [0.5, 0.6) is 5.75 Å². The van der Waals surface area contributed by atoms with Crippen molar-refractivity contribution in [3.05, 3.63) is 47.3 Å². The van der Waals surface area contributed by atoms with Gasteiger partial charge in [0.25, 0.3) is 0 Å². The largest absolute Gasteiger partial charge is 0.504 e. The maximum Gasteiger partial charge on any atom is 0.169 e. The zero-order chi connectivity index (χ0) is 14.6. The molecule has 0 fully saturated rings. The molecular formula is C16H13FN2OS. The molecule has 106 valence electrons. The molecule has 1 aliphatic heterocycles. The summed E-state index contributed by atoms with van der Waals surface area (Å²) in [6.07, 6.45) is 0. The van der Waals surface area contributed by atoms with Crippen molar-refractivity contribution in [1.29, 1.82) is 0 Å². The van der Waals surface area contributed by atoms with Crippen molar-refractivity contribution in [2.24, 2.45) is 0 Å². The maximum absolute atomic E-state index is 13.5. The fourth-order valence-electron chi connectivity index (χ4n) is 2.67. The van der Waals surface area contributed by atoms with Crippen LogP contribution < -0.4 is 10.6 Å². The molecule has 0 spiro atoms. The molecule has 0 atom stereocenters. The van der Waals surface area contributed by atoms with E-state index in [4.69, 9.17) is 0 Å². The second kappa shape index (κ2) is 4.36. The summed E-state index contributed by atoms with van der Waals surface area (Å²) in [6.45, 7) is 2.68. The summed E-state index contributed by atoms with van der Waals surface area (Å²) in [5.41, 5.74) is 4.27. The second-order valence-corrected chi connectivity index (χ2v) is 6.23. The SMILES string of the molecule is Cc1ccc2c(c1)Nc1sc3c(O)c(F)ccc3c1CN2. The molecule has 0 saturated carbocycles. The average Bonchev–Trinajstić information content (AvgIpc) is 2.71. The van der Waals surface area contributed by atoms with E-state index in [0.29, 0.717) is 11.2 Å². The summed E-state index contributed by atoms with van der Waals surface area (Å²) >= 11 is 1.38. The highest BCUT2D eigenvalue weighted by molar-refractivity contribution is 7.23. The van der Waals surface area contributed by atoms with Crippen molar-refractivity contribution >= 4 is 37.8 Å². The number of thiophene rings is 1. The molecule has 1 aromatic heterocycles. The van der Waals surface area contributed by atoms with Crippen LogP contribution in [0.4, 0.5) is 20.8 Å². The highest BCUT2D eigenvalue weighted by atomic mass is 32.1. The molecule has 4 rings (SSSR count). The Kier molecular flexibility index (Phi) is 2.59. The predicted molar refractivity (Wildman–Crippen MR) is 85.2 cm³/mol. The summed E-state index contributed by atoms with van der Waals surface area (Å²) in [6, 6.07) is 9.22. The predicted octanol–water partition coefficient (Wildman–Crippen LogP) is 4.72. The van der Waals surface area contributed by atoms with Crippen LogP contribution in [0.2, 0.25) is 0 Å². The standard InChI is InChI=1S/C16H13FN2OS/c1-8-2-5-12-13(6-8)19-16-10(7-18-12)9-3-4-11(17)14(20)15(9)21-16/h2-6,18-20H,7H2,1H3. The summed E-state index contributed by atoms with van der Waals surface area (Å²) in [5, 5.41) is 18.5. The van der Waals surface area contributed by atoms with E-state index in [1.54, 1.807) is 6.07 Å². The van der Waals surface area contributed by atoms with Crippen molar-refractivity contribution in [3.8, 4) is 5.75 Å². The van der Waals surface area contributed by atoms with Gasteiger partial charge in [-0.05, 0) is 36.8 Å². The van der Waals surface area contributed by atoms with Crippen molar-refractivity contribution in [3.63, 3.8) is 0 Å². The molecule has 0 radical (unpaired) electrons. The molecule has 0 amide bonds. The van der Waals surface area contributed by atoms with Gasteiger partial charge < -0.3 is 15.7 Å². The Morgan fingerprint density at radius 3 is 2.90 bits per heavy atom. The summed E-state index contributed by atoms with van der Waals surface area (Å²) in [7, 11) is 0. The van der Waals surface area contributed by atoms with Crippen LogP contribution in [0.3, 0.4) is 0 Å². The van der Waals surface area contributed by atoms with Crippen LogP contribution in [-0.4, -0.2) is 5.11 Å². The Morgan fingerprint density at radius 2 is 2.05 bits per heavy atom. The number of aromatic hydroxyl groups is 1. The topological polar surface area (TPSA) is 44.3 Å². The maximum atomic E-state index is 13.5. The molecule has 5 heteroatoms. The molecule has 0 unspecified atom stereocenters. The molecule has 0 saturated heterocycles. The lowest BCUT2D eigenvalue weighted by Crippen LogP contribution is -1.97. The normalized spacial score (nSPS) is 13.0. The third kappa shape index (κ3) is 1.85. The summed E-state index contributed by atoms with van der Waals surface area (Å²) in [5.74, 6) is -0.847. The van der Waals surface area contributed by atoms with Crippen LogP contribution >= 0.6 is 11.3 Å². The molecule has 0 bridgehead atoms. The second-order valence-electron chi connectivity index (χ2n) is 5.21. The first-order valence-electron chi connectivity index (χ1n) is 6.68. The fraction of sp³-hybridized carbons (Fsp3) is 0.125. The molecule has 0 aliphatic carbocycles. The van der Waals surface area contributed by atoms with Gasteiger partial charge in [-0.3, -0.25) is 0 Å². The summed E-state index contributed by atoms with van der Waals surface area (Å²) < 4.78 is 14.1. The van der Waals surface area contributed by atoms with Gasteiger partial charge in [0.15, 0.2) is 11.6 Å². The van der Waals surface area contributed by atoms with Gasteiger partial charge in [0.05, 0.1) is 21.1 Å². The number of halogens is 1. The van der Waals surface area contributed by atoms with Gasteiger partial charge in [-0.25, -0.2) is 4.39 Å². The number of phenols is 1. The van der Waals surface area contributed by atoms with Crippen molar-refractivity contribution < 1.29 is 9.50 Å². The number of phenolic OH excluding ortho intramolecular Hbond substituents is 1. The van der Waals surface area contributed by atoms with Gasteiger partial charge in [-0.1, -0.05) is 6.07 Å². The molecule has 2 heterocycles. The average molecular weight is 300 g/mol. The molecule has 2 aromatic carbocycles. The van der Waals surface area contributed by atoms with E-state index in [1.165, 1.54) is 23.0 Å². The van der Waals surface area contributed by atoms with Crippen molar-refractivity contribution in [1.82, 2.24) is 0 Å². The minimum Gasteiger partial charge on any atom is -0.504 e. The number of fused-ring (bicyclic) bond motifs is 4. The van der Waals surface area contributed by atoms with Crippen LogP contribution in [0.15, 0.2) is 30.3 Å². The van der Waals surface area contributed by atoms with E-state index in [9.17, 15) is 9.50 Å². The van der Waals surface area contributed by atoms with Gasteiger partial charge in [0.1, 0.15) is 0 Å². The molecule has 21 heavy (non-hydrogen) atoms. The van der Waals surface area contributed by atoms with Gasteiger partial charge in [-0.15, -0.1) is 11.3 Å². The quantitative estimate of drug-likeness (QED) is 0.562. The number of anilines is 3. The number of hydrogen-bond donors (Lipinski definition) is 3. The molecule has 3 nitrogen and oxygen atoms in total. The van der Waals surface area contributed by atoms with E-state index in [1.807, 2.05) is 13.0 Å². The number of hydrogen-bond acceptors (Lipinski definition) is 4. The van der Waals surface area contributed by atoms with E-state index in [-0.39, 0.29) is 5.75 Å². The zero-order valence-corrected chi connectivity index (χ0v) is 12.1. The third-order valence-electron chi connectivity index (χ3n) is 3.76. The Labute approximate surface area is 125 Å². The van der Waals surface area contributed by atoms with Crippen molar-refractivity contribution in [2.75, 3.05) is 10.6 Å². The minimum atomic E-state index is -0.580. The summed E-state index contributed by atoms with van der Waals surface area (Å²) in [4.78, 5) is 0. The first kappa shape index (κ1) is 12.5. The number of benzene rings is 2. The van der Waals surface area contributed by atoms with Gasteiger partial charge >= 0.3 is 0 Å². The molecule has 3 N–H and O–H groups in total. The lowest BCUT2D eigenvalue weighted by Gasteiger charge is -2.09. The monoisotopic (exact) mass is 300 g/mol. The fourth-order valence-corrected chi connectivity index (χ4v) is 3.84. The zero-order valence-electron chi connectivity index (χ0n) is 11.3. The molecular weight excluding hydrogens is 287 g/mol. The van der Waals surface area contributed by atoms with E-state index < -0.39 is 5.82 Å². The molecule has 3 aromatic rings. The Bertz CT molecular complexity index is 872. The highest BCUT2D eigenvalue weighted by Gasteiger charge is 2.20. The number of rotatable bonds is 0. The van der Waals surface area contributed by atoms with Crippen LogP contribution in [0.25, 0.3) is 10.1 Å². The van der Waals surface area contributed by atoms with Crippen LogP contribution in [-0.2, 0) is 6.54 Å². The van der Waals surface area contributed by atoms with Crippen LogP contribution in [0, 0.1) is 12.7 Å². The smallest absolute Gasteiger partial charge is 0.169 e. The number of nitrogens with one attached hydrogen (secondary N) is 2. The van der Waals surface area contributed by atoms with Crippen molar-refractivity contribution in [2.45, 2.75) is 13.5 Å². The van der Waals surface area contributed by atoms with E-state index in [0.717, 1.165) is 27.3 Å². The van der Waals surface area contributed by atoms with Crippen LogP contribution in [0.1, 0.15) is 11.1 Å². The lowest BCUT2D eigenvalue weighted by atomic mass is 10.1. The first-order valence-corrected chi connectivity index (χ1v) is 7.49. The number of aryl methyl sites for hydroxylation is 1. The Morgan fingerprint density at radius 1 is 1.19 bits per heavy atom. The third-order valence-corrected chi connectivity index (χ3v) is 4.93. The van der Waals surface area contributed by atoms with Gasteiger partial charge in [-0.2, -0.15) is 0 Å². The highest BCUT2D eigenvalue weighted by Crippen LogP contribution is 2.45. The first-order chi connectivity index (χ1) is 10.1.